The summed E-state index contributed by atoms with van der Waals surface area (Å²) in [6.45, 7) is 3.48. The Hall–Kier alpha value is -3.99. The molecule has 0 amide bonds. The lowest BCUT2D eigenvalue weighted by molar-refractivity contribution is 0.114. The van der Waals surface area contributed by atoms with Gasteiger partial charge in [0.1, 0.15) is 17.7 Å². The monoisotopic (exact) mass is 562 g/mol. The maximum Gasteiger partial charge on any atom is 0.215 e. The van der Waals surface area contributed by atoms with E-state index >= 15 is 0 Å². The minimum absolute atomic E-state index is 0.0937. The zero-order chi connectivity index (χ0) is 28.8. The number of nitroso groups, excluding NO2 is 1. The number of piperidine rings is 1. The van der Waals surface area contributed by atoms with Gasteiger partial charge in [-0.1, -0.05) is 17.3 Å². The maximum atomic E-state index is 10.2. The number of nitrogens with two attached hydrogens (primary N) is 3. The molecule has 1 aliphatic carbocycles. The van der Waals surface area contributed by atoms with Crippen LogP contribution in [0.1, 0.15) is 50.5 Å². The number of rotatable bonds is 7. The first-order valence-corrected chi connectivity index (χ1v) is 14.6. The van der Waals surface area contributed by atoms with Crippen LogP contribution in [0.25, 0.3) is 5.70 Å². The maximum absolute atomic E-state index is 10.2. The van der Waals surface area contributed by atoms with Gasteiger partial charge in [-0.05, 0) is 82.3 Å². The van der Waals surface area contributed by atoms with Crippen LogP contribution in [0.3, 0.4) is 0 Å². The Morgan fingerprint density at radius 1 is 1.02 bits per heavy atom. The second-order valence-corrected chi connectivity index (χ2v) is 11.3. The second kappa shape index (κ2) is 13.1. The third-order valence-electron chi connectivity index (χ3n) is 8.44. The van der Waals surface area contributed by atoms with Gasteiger partial charge in [0.25, 0.3) is 0 Å². The Morgan fingerprint density at radius 2 is 1.73 bits per heavy atom. The third-order valence-corrected chi connectivity index (χ3v) is 8.44. The normalized spacial score (nSPS) is 22.8. The standard InChI is InChI=1S/C25H32N6O2.C5H10N2O/c26-21(20-6-1-2-7-23(20)32)13-22(25(27)28)30-14-17-8-9-18(15-30)31(17)16-10-11-29-24(12-16)33-19-4-3-5-19;8-7-5-1-3-6-4-2-5/h1-2,6-7,10-13,17-19,32H,3-5,8-9,14-15,26-28H2;5-6H,1-4H2/b21-13-;. The van der Waals surface area contributed by atoms with Crippen LogP contribution in [0, 0.1) is 4.91 Å². The number of anilines is 1. The summed E-state index contributed by atoms with van der Waals surface area (Å²) in [5.41, 5.74) is 21.3. The molecule has 1 aromatic heterocycles. The number of ether oxygens (including phenoxy) is 1. The predicted octanol–water partition coefficient (Wildman–Crippen LogP) is 2.96. The van der Waals surface area contributed by atoms with Gasteiger partial charge in [0, 0.05) is 54.4 Å². The molecule has 2 aromatic rings. The van der Waals surface area contributed by atoms with Crippen LogP contribution in [0.4, 0.5) is 5.69 Å². The summed E-state index contributed by atoms with van der Waals surface area (Å²) in [7, 11) is 0. The van der Waals surface area contributed by atoms with E-state index in [4.69, 9.17) is 21.9 Å². The largest absolute Gasteiger partial charge is 0.507 e. The molecule has 3 aliphatic heterocycles. The molecule has 3 saturated heterocycles. The Labute approximate surface area is 241 Å². The smallest absolute Gasteiger partial charge is 0.215 e. The van der Waals surface area contributed by atoms with E-state index < -0.39 is 0 Å². The number of pyridine rings is 1. The number of likely N-dealkylation sites (tertiary alicyclic amines) is 1. The number of benzene rings is 1. The van der Waals surface area contributed by atoms with Crippen molar-refractivity contribution in [3.63, 3.8) is 0 Å². The van der Waals surface area contributed by atoms with E-state index in [9.17, 15) is 10.0 Å². The van der Waals surface area contributed by atoms with Crippen molar-refractivity contribution in [2.24, 2.45) is 22.4 Å². The zero-order valence-electron chi connectivity index (χ0n) is 23.5. The molecule has 11 nitrogen and oxygen atoms in total. The van der Waals surface area contributed by atoms with Crippen molar-refractivity contribution < 1.29 is 9.84 Å². The van der Waals surface area contributed by atoms with Crippen LogP contribution < -0.4 is 32.2 Å². The van der Waals surface area contributed by atoms with E-state index in [0.29, 0.717) is 41.0 Å². The van der Waals surface area contributed by atoms with Gasteiger partial charge in [0.15, 0.2) is 0 Å². The number of hydrogen-bond donors (Lipinski definition) is 5. The lowest BCUT2D eigenvalue weighted by atomic mass is 9.96. The highest BCUT2D eigenvalue weighted by Crippen LogP contribution is 2.38. The summed E-state index contributed by atoms with van der Waals surface area (Å²) in [6.07, 6.45) is 11.4. The zero-order valence-corrected chi connectivity index (χ0v) is 23.5. The molecule has 0 spiro atoms. The van der Waals surface area contributed by atoms with Gasteiger partial charge in [-0.2, -0.15) is 4.91 Å². The predicted molar refractivity (Wildman–Crippen MR) is 161 cm³/mol. The van der Waals surface area contributed by atoms with E-state index in [-0.39, 0.29) is 17.6 Å². The molecule has 11 heteroatoms. The Bertz CT molecular complexity index is 1240. The highest BCUT2D eigenvalue weighted by molar-refractivity contribution is 5.70. The fraction of sp³-hybridized carbons (Fsp3) is 0.500. The van der Waals surface area contributed by atoms with E-state index in [1.165, 1.54) is 6.42 Å². The summed E-state index contributed by atoms with van der Waals surface area (Å²) in [6, 6.07) is 11.9. The van der Waals surface area contributed by atoms with Crippen molar-refractivity contribution in [3.05, 3.63) is 70.7 Å². The summed E-state index contributed by atoms with van der Waals surface area (Å²) in [5.74, 6) is 1.06. The number of phenolic OH excluding ortho intramolecular Hbond substituents is 1. The van der Waals surface area contributed by atoms with Gasteiger partial charge in [0.2, 0.25) is 5.88 Å². The van der Waals surface area contributed by atoms with E-state index in [0.717, 1.165) is 70.4 Å². The highest BCUT2D eigenvalue weighted by Gasteiger charge is 2.41. The van der Waals surface area contributed by atoms with Gasteiger partial charge in [0.05, 0.1) is 11.7 Å². The Balaban J connectivity index is 0.000000365. The first-order valence-electron chi connectivity index (χ1n) is 14.6. The van der Waals surface area contributed by atoms with Crippen molar-refractivity contribution in [1.82, 2.24) is 15.2 Å². The number of para-hydroxylation sites is 1. The van der Waals surface area contributed by atoms with Crippen molar-refractivity contribution >= 4 is 11.4 Å². The van der Waals surface area contributed by atoms with Gasteiger partial charge < -0.3 is 42.2 Å². The summed E-state index contributed by atoms with van der Waals surface area (Å²) >= 11 is 0. The fourth-order valence-corrected chi connectivity index (χ4v) is 6.02. The van der Waals surface area contributed by atoms with Crippen LogP contribution in [0.2, 0.25) is 0 Å². The third kappa shape index (κ3) is 6.84. The average Bonchev–Trinajstić information content (AvgIpc) is 3.23. The van der Waals surface area contributed by atoms with Gasteiger partial charge in [-0.25, -0.2) is 4.98 Å². The topological polar surface area (TPSA) is 168 Å². The number of nitrogens with one attached hydrogen (secondary N) is 1. The number of piperazine rings is 1. The quantitative estimate of drug-likeness (QED) is 0.250. The molecule has 1 saturated carbocycles. The Morgan fingerprint density at radius 3 is 2.32 bits per heavy atom. The number of nitrogens with zero attached hydrogens (tertiary/aromatic N) is 4. The number of aromatic nitrogens is 1. The van der Waals surface area contributed by atoms with Gasteiger partial charge in [-0.3, -0.25) is 0 Å². The lowest BCUT2D eigenvalue weighted by Crippen LogP contribution is -2.53. The first kappa shape index (κ1) is 28.5. The molecule has 8 N–H and O–H groups in total. The van der Waals surface area contributed by atoms with Gasteiger partial charge in [-0.15, -0.1) is 0 Å². The molecule has 2 unspecified atom stereocenters. The summed E-state index contributed by atoms with van der Waals surface area (Å²) in [4.78, 5) is 19.0. The molecule has 2 atom stereocenters. The lowest BCUT2D eigenvalue weighted by Gasteiger charge is -2.44. The summed E-state index contributed by atoms with van der Waals surface area (Å²) in [5, 5.41) is 16.3. The van der Waals surface area contributed by atoms with Crippen molar-refractivity contribution in [2.75, 3.05) is 31.1 Å². The van der Waals surface area contributed by atoms with Crippen LogP contribution in [0.15, 0.2) is 65.4 Å². The molecule has 220 valence electrons. The molecule has 41 heavy (non-hydrogen) atoms. The van der Waals surface area contributed by atoms with E-state index in [2.05, 4.69) is 37.4 Å². The van der Waals surface area contributed by atoms with Crippen LogP contribution in [-0.2, 0) is 0 Å². The van der Waals surface area contributed by atoms with Crippen LogP contribution in [-0.4, -0.2) is 65.4 Å². The van der Waals surface area contributed by atoms with Crippen molar-refractivity contribution in [2.45, 2.75) is 69.2 Å². The number of fused-ring (bicyclic) bond motifs is 2. The van der Waals surface area contributed by atoms with Crippen molar-refractivity contribution in [3.8, 4) is 11.6 Å². The van der Waals surface area contributed by atoms with Gasteiger partial charge >= 0.3 is 0 Å². The molecule has 4 aliphatic rings. The minimum Gasteiger partial charge on any atom is -0.507 e. The second-order valence-electron chi connectivity index (χ2n) is 11.3. The molecular weight excluding hydrogens is 520 g/mol. The minimum atomic E-state index is 0.0937. The van der Waals surface area contributed by atoms with Crippen LogP contribution in [0.5, 0.6) is 11.6 Å². The highest BCUT2D eigenvalue weighted by atomic mass is 16.5. The molecule has 4 heterocycles. The number of allylic oxidation sites excluding steroid dienone is 1. The molecule has 2 bridgehead atoms. The fourth-order valence-electron chi connectivity index (χ4n) is 6.02. The van der Waals surface area contributed by atoms with Crippen LogP contribution >= 0.6 is 0 Å². The first-order chi connectivity index (χ1) is 19.9. The summed E-state index contributed by atoms with van der Waals surface area (Å²) < 4.78 is 6.03. The molecular formula is C30H42N8O3. The number of aromatic hydroxyl groups is 1. The Kier molecular flexibility index (Phi) is 9.13. The molecule has 0 radical (unpaired) electrons. The van der Waals surface area contributed by atoms with E-state index in [1.54, 1.807) is 24.3 Å². The van der Waals surface area contributed by atoms with E-state index in [1.807, 2.05) is 12.3 Å². The molecule has 4 fully saturated rings. The SMILES string of the molecule is NC(N)=C(/C=C(\N)c1ccccc1O)N1CC2CCC(C1)N2c1ccnc(OC2CCC2)c1.O=NC1CCNCC1. The average molecular weight is 563 g/mol. The number of hydrogen-bond acceptors (Lipinski definition) is 11. The molecule has 1 aromatic carbocycles. The molecule has 6 rings (SSSR count). The number of phenols is 1. The van der Waals surface area contributed by atoms with Crippen molar-refractivity contribution in [1.29, 1.82) is 0 Å².